The van der Waals surface area contributed by atoms with Crippen molar-refractivity contribution >= 4 is 40.0 Å². The fraction of sp³-hybridized carbons (Fsp3) is 0.421. The first-order valence-corrected chi connectivity index (χ1v) is 10.5. The van der Waals surface area contributed by atoms with E-state index in [4.69, 9.17) is 4.42 Å². The van der Waals surface area contributed by atoms with Crippen molar-refractivity contribution < 1.29 is 17.9 Å². The molecule has 0 saturated carbocycles. The van der Waals surface area contributed by atoms with E-state index >= 15 is 0 Å². The highest BCUT2D eigenvalue weighted by Crippen LogP contribution is 2.21. The zero-order chi connectivity index (χ0) is 20.8. The fourth-order valence-corrected chi connectivity index (χ4v) is 3.20. The molecule has 4 N–H and O–H groups in total. The smallest absolute Gasteiger partial charge is 0.240 e. The van der Waals surface area contributed by atoms with Gasteiger partial charge in [-0.05, 0) is 57.6 Å². The van der Waals surface area contributed by atoms with Crippen LogP contribution in [0.15, 0.2) is 50.7 Å². The summed E-state index contributed by atoms with van der Waals surface area (Å²) in [7, 11) is -2.08. The summed E-state index contributed by atoms with van der Waals surface area (Å²) in [5.74, 6) is 1.76. The summed E-state index contributed by atoms with van der Waals surface area (Å²) in [6.45, 7) is 6.67. The van der Waals surface area contributed by atoms with Crippen molar-refractivity contribution in [3.63, 3.8) is 0 Å². The Labute approximate surface area is 189 Å². The van der Waals surface area contributed by atoms with Crippen LogP contribution < -0.4 is 15.4 Å². The highest BCUT2D eigenvalue weighted by molar-refractivity contribution is 14.0. The first-order chi connectivity index (χ1) is 13.2. The van der Waals surface area contributed by atoms with Crippen LogP contribution >= 0.6 is 24.0 Å². The lowest BCUT2D eigenvalue weighted by Crippen LogP contribution is -2.44. The minimum atomic E-state index is -3.45. The maximum absolute atomic E-state index is 11.8. The molecule has 1 heterocycles. The van der Waals surface area contributed by atoms with Gasteiger partial charge in [-0.3, -0.25) is 0 Å². The van der Waals surface area contributed by atoms with Crippen LogP contribution in [0.1, 0.15) is 30.9 Å². The zero-order valence-corrected chi connectivity index (χ0v) is 20.2. The number of rotatable bonds is 8. The molecule has 0 aliphatic rings. The molecule has 8 nitrogen and oxygen atoms in total. The molecule has 1 atom stereocenters. The molecule has 0 bridgehead atoms. The number of aryl methyl sites for hydroxylation is 1. The molecule has 10 heteroatoms. The molecule has 0 aliphatic carbocycles. The predicted molar refractivity (Wildman–Crippen MR) is 124 cm³/mol. The summed E-state index contributed by atoms with van der Waals surface area (Å²) in [5, 5.41) is 16.9. The Morgan fingerprint density at radius 2 is 1.83 bits per heavy atom. The van der Waals surface area contributed by atoms with Crippen LogP contribution in [0.4, 0.5) is 0 Å². The van der Waals surface area contributed by atoms with Gasteiger partial charge in [0.15, 0.2) is 5.96 Å². The van der Waals surface area contributed by atoms with Crippen LogP contribution in [-0.4, -0.2) is 39.6 Å². The average Bonchev–Trinajstić information content (AvgIpc) is 3.12. The molecule has 2 aromatic rings. The predicted octanol–water partition coefficient (Wildman–Crippen LogP) is 2.08. The van der Waals surface area contributed by atoms with Gasteiger partial charge in [0.25, 0.3) is 0 Å². The average molecular weight is 536 g/mol. The lowest BCUT2D eigenvalue weighted by atomic mass is 10.0. The maximum atomic E-state index is 11.8. The van der Waals surface area contributed by atoms with E-state index < -0.39 is 15.6 Å². The Balaban J connectivity index is 0.00000420. The van der Waals surface area contributed by atoms with Crippen molar-refractivity contribution in [3.05, 3.63) is 53.5 Å². The molecule has 0 fully saturated rings. The van der Waals surface area contributed by atoms with Gasteiger partial charge >= 0.3 is 0 Å². The van der Waals surface area contributed by atoms with E-state index in [1.54, 1.807) is 43.3 Å². The van der Waals surface area contributed by atoms with Crippen LogP contribution in [0.5, 0.6) is 0 Å². The molecule has 0 spiro atoms. The van der Waals surface area contributed by atoms with Gasteiger partial charge in [-0.25, -0.2) is 18.1 Å². The van der Waals surface area contributed by atoms with Gasteiger partial charge in [-0.2, -0.15) is 0 Å². The standard InChI is InChI=1S/C19H28N4O4S.HI/c1-5-21-18(23-13-19(3,24)17-11-6-14(2)27-17)22-12-15-7-9-16(10-8-15)28(25,26)20-4;/h6-11,20,24H,5,12-13H2,1-4H3,(H2,21,22,23);1H. The van der Waals surface area contributed by atoms with E-state index in [1.165, 1.54) is 7.05 Å². The molecule has 162 valence electrons. The number of benzene rings is 1. The number of aliphatic hydroxyl groups is 1. The number of nitrogens with one attached hydrogen (secondary N) is 3. The number of nitrogens with zero attached hydrogens (tertiary/aromatic N) is 1. The van der Waals surface area contributed by atoms with Crippen LogP contribution in [0, 0.1) is 6.92 Å². The molecule has 1 aromatic carbocycles. The van der Waals surface area contributed by atoms with E-state index in [0.717, 1.165) is 11.3 Å². The van der Waals surface area contributed by atoms with Crippen molar-refractivity contribution in [2.45, 2.75) is 37.8 Å². The molecule has 1 unspecified atom stereocenters. The summed E-state index contributed by atoms with van der Waals surface area (Å²) in [6.07, 6.45) is 0. The third-order valence-electron chi connectivity index (χ3n) is 4.14. The second-order valence-corrected chi connectivity index (χ2v) is 8.47. The highest BCUT2D eigenvalue weighted by Gasteiger charge is 2.27. The minimum Gasteiger partial charge on any atom is -0.463 e. The van der Waals surface area contributed by atoms with E-state index in [9.17, 15) is 13.5 Å². The van der Waals surface area contributed by atoms with Gasteiger partial charge in [0.1, 0.15) is 17.1 Å². The molecule has 2 rings (SSSR count). The lowest BCUT2D eigenvalue weighted by molar-refractivity contribution is 0.0378. The monoisotopic (exact) mass is 536 g/mol. The molecule has 0 aliphatic heterocycles. The number of halogens is 1. The summed E-state index contributed by atoms with van der Waals surface area (Å²) in [6, 6.07) is 10.1. The molecular weight excluding hydrogens is 507 g/mol. The molecular formula is C19H29IN4O4S. The number of aliphatic imine (C=N–C) groups is 1. The van der Waals surface area contributed by atoms with Crippen LogP contribution in [0.3, 0.4) is 0 Å². The number of sulfonamides is 1. The molecule has 1 aromatic heterocycles. The van der Waals surface area contributed by atoms with Crippen LogP contribution in [-0.2, 0) is 22.2 Å². The van der Waals surface area contributed by atoms with Gasteiger partial charge < -0.3 is 20.2 Å². The number of hydrogen-bond donors (Lipinski definition) is 4. The Morgan fingerprint density at radius 3 is 2.34 bits per heavy atom. The summed E-state index contributed by atoms with van der Waals surface area (Å²) in [4.78, 5) is 4.69. The topological polar surface area (TPSA) is 116 Å². The first-order valence-electron chi connectivity index (χ1n) is 9.02. The zero-order valence-electron chi connectivity index (χ0n) is 17.0. The molecule has 29 heavy (non-hydrogen) atoms. The number of guanidine groups is 1. The Hall–Kier alpha value is -1.63. The van der Waals surface area contributed by atoms with E-state index in [-0.39, 0.29) is 35.4 Å². The fourth-order valence-electron chi connectivity index (χ4n) is 2.47. The molecule has 0 amide bonds. The second kappa shape index (κ2) is 11.0. The van der Waals surface area contributed by atoms with E-state index in [1.807, 2.05) is 13.8 Å². The van der Waals surface area contributed by atoms with Crippen molar-refractivity contribution in [2.24, 2.45) is 4.99 Å². The number of furan rings is 1. The quantitative estimate of drug-likeness (QED) is 0.233. The van der Waals surface area contributed by atoms with Gasteiger partial charge in [0.05, 0.1) is 18.0 Å². The van der Waals surface area contributed by atoms with Crippen LogP contribution in [0.25, 0.3) is 0 Å². The first kappa shape index (κ1) is 25.4. The maximum Gasteiger partial charge on any atom is 0.240 e. The van der Waals surface area contributed by atoms with E-state index in [2.05, 4.69) is 20.3 Å². The molecule has 0 saturated heterocycles. The van der Waals surface area contributed by atoms with Crippen molar-refractivity contribution in [1.29, 1.82) is 0 Å². The van der Waals surface area contributed by atoms with Crippen molar-refractivity contribution in [1.82, 2.24) is 15.4 Å². The number of hydrogen-bond acceptors (Lipinski definition) is 5. The van der Waals surface area contributed by atoms with Gasteiger partial charge in [0.2, 0.25) is 10.0 Å². The summed E-state index contributed by atoms with van der Waals surface area (Å²) in [5.41, 5.74) is -0.325. The normalized spacial score (nSPS) is 14.0. The van der Waals surface area contributed by atoms with Gasteiger partial charge in [-0.1, -0.05) is 12.1 Å². The van der Waals surface area contributed by atoms with E-state index in [0.29, 0.717) is 24.8 Å². The lowest BCUT2D eigenvalue weighted by Gasteiger charge is -2.22. The summed E-state index contributed by atoms with van der Waals surface area (Å²) < 4.78 is 31.3. The van der Waals surface area contributed by atoms with Gasteiger partial charge in [-0.15, -0.1) is 24.0 Å². The third-order valence-corrected chi connectivity index (χ3v) is 5.57. The highest BCUT2D eigenvalue weighted by atomic mass is 127. The summed E-state index contributed by atoms with van der Waals surface area (Å²) >= 11 is 0. The molecule has 0 radical (unpaired) electrons. The Kier molecular flexibility index (Phi) is 9.59. The Morgan fingerprint density at radius 1 is 1.17 bits per heavy atom. The minimum absolute atomic E-state index is 0. The second-order valence-electron chi connectivity index (χ2n) is 6.58. The largest absolute Gasteiger partial charge is 0.463 e. The van der Waals surface area contributed by atoms with Crippen molar-refractivity contribution in [2.75, 3.05) is 20.1 Å². The Bertz CT molecular complexity index is 909. The van der Waals surface area contributed by atoms with Crippen molar-refractivity contribution in [3.8, 4) is 0 Å². The van der Waals surface area contributed by atoms with Gasteiger partial charge in [0, 0.05) is 6.54 Å². The third kappa shape index (κ3) is 7.28. The SMILES string of the molecule is CCNC(=NCc1ccc(S(=O)(=O)NC)cc1)NCC(C)(O)c1ccc(C)o1.I. The van der Waals surface area contributed by atoms with Crippen LogP contribution in [0.2, 0.25) is 0 Å².